The van der Waals surface area contributed by atoms with Gasteiger partial charge in [0.1, 0.15) is 0 Å². The summed E-state index contributed by atoms with van der Waals surface area (Å²) in [5.74, 6) is 0. The second kappa shape index (κ2) is 9.18. The van der Waals surface area contributed by atoms with Gasteiger partial charge in [-0.15, -0.1) is 0 Å². The second-order valence-electron chi connectivity index (χ2n) is 2.62. The van der Waals surface area contributed by atoms with E-state index in [2.05, 4.69) is 0 Å². The predicted octanol–water partition coefficient (Wildman–Crippen LogP) is -2.01. The molecule has 0 saturated carbocycles. The minimum Gasteiger partial charge on any atom is -0.355 e. The molecule has 92 valence electrons. The molecule has 0 aromatic carbocycles. The molecule has 0 bridgehead atoms. The molecular formula is C7H21N3O4Si. The quantitative estimate of drug-likeness (QED) is 0.377. The van der Waals surface area contributed by atoms with Crippen LogP contribution in [0.15, 0.2) is 0 Å². The van der Waals surface area contributed by atoms with Crippen LogP contribution in [0.3, 0.4) is 0 Å². The zero-order valence-electron chi connectivity index (χ0n) is 9.11. The van der Waals surface area contributed by atoms with Crippen molar-refractivity contribution >= 4 is 9.05 Å². The van der Waals surface area contributed by atoms with Gasteiger partial charge in [-0.1, -0.05) is 0 Å². The highest BCUT2D eigenvalue weighted by Crippen LogP contribution is 2.09. The monoisotopic (exact) mass is 239 g/mol. The van der Waals surface area contributed by atoms with Gasteiger partial charge in [0.05, 0.1) is 19.8 Å². The third-order valence-corrected chi connectivity index (χ3v) is 3.61. The van der Waals surface area contributed by atoms with E-state index in [4.69, 9.17) is 34.9 Å². The SMILES string of the molecule is CO[Si](OCCN)(OCCN)OCCN. The Kier molecular flexibility index (Phi) is 9.15. The second-order valence-corrected chi connectivity index (χ2v) is 4.89. The molecule has 15 heavy (non-hydrogen) atoms. The molecule has 7 nitrogen and oxygen atoms in total. The number of hydrogen-bond acceptors (Lipinski definition) is 7. The van der Waals surface area contributed by atoms with Crippen LogP contribution in [0, 0.1) is 0 Å². The fraction of sp³-hybridized carbons (Fsp3) is 1.00. The lowest BCUT2D eigenvalue weighted by Crippen LogP contribution is -2.50. The Hall–Kier alpha value is -0.0631. The summed E-state index contributed by atoms with van der Waals surface area (Å²) in [7, 11) is -1.60. The molecule has 0 aromatic rings. The summed E-state index contributed by atoms with van der Waals surface area (Å²) in [6.45, 7) is 2.06. The van der Waals surface area contributed by atoms with Crippen molar-refractivity contribution in [1.29, 1.82) is 0 Å². The Morgan fingerprint density at radius 3 is 1.33 bits per heavy atom. The van der Waals surface area contributed by atoms with E-state index in [1.807, 2.05) is 0 Å². The molecule has 6 N–H and O–H groups in total. The summed E-state index contributed by atoms with van der Waals surface area (Å²) >= 11 is 0. The predicted molar refractivity (Wildman–Crippen MR) is 57.8 cm³/mol. The van der Waals surface area contributed by atoms with Gasteiger partial charge >= 0.3 is 9.05 Å². The van der Waals surface area contributed by atoms with Gasteiger partial charge in [-0.2, -0.15) is 0 Å². The van der Waals surface area contributed by atoms with Crippen LogP contribution in [-0.2, 0) is 17.7 Å². The number of hydrogen-bond donors (Lipinski definition) is 3. The first kappa shape index (κ1) is 14.9. The minimum absolute atomic E-state index is 0.315. The van der Waals surface area contributed by atoms with E-state index < -0.39 is 9.05 Å². The van der Waals surface area contributed by atoms with Crippen molar-refractivity contribution in [3.63, 3.8) is 0 Å². The number of rotatable bonds is 10. The Bertz CT molecular complexity index is 130. The molecule has 0 aromatic heterocycles. The van der Waals surface area contributed by atoms with Gasteiger partial charge in [0, 0.05) is 26.7 Å². The van der Waals surface area contributed by atoms with Gasteiger partial charge in [0.2, 0.25) is 0 Å². The summed E-state index contributed by atoms with van der Waals surface area (Å²) in [6, 6.07) is 0. The first-order valence-corrected chi connectivity index (χ1v) is 6.45. The van der Waals surface area contributed by atoms with Gasteiger partial charge in [-0.25, -0.2) is 0 Å². The Morgan fingerprint density at radius 2 is 1.13 bits per heavy atom. The maximum absolute atomic E-state index is 5.37. The van der Waals surface area contributed by atoms with E-state index >= 15 is 0 Å². The van der Waals surface area contributed by atoms with Crippen LogP contribution in [0.25, 0.3) is 0 Å². The lowest BCUT2D eigenvalue weighted by atomic mass is 10.8. The summed E-state index contributed by atoms with van der Waals surface area (Å²) < 4.78 is 21.3. The van der Waals surface area contributed by atoms with Crippen LogP contribution >= 0.6 is 0 Å². The molecule has 0 aliphatic heterocycles. The van der Waals surface area contributed by atoms with Gasteiger partial charge in [-0.3, -0.25) is 0 Å². The maximum atomic E-state index is 5.37. The zero-order valence-corrected chi connectivity index (χ0v) is 10.1. The summed E-state index contributed by atoms with van der Waals surface area (Å²) in [5, 5.41) is 0. The standard InChI is InChI=1S/C7H21N3O4Si/c1-11-15(12-5-2-8,13-6-3-9)14-7-4-10/h2-10H2,1H3. The summed E-state index contributed by atoms with van der Waals surface area (Å²) in [4.78, 5) is 0. The Labute approximate surface area is 91.3 Å². The van der Waals surface area contributed by atoms with Gasteiger partial charge in [0.15, 0.2) is 0 Å². The average Bonchev–Trinajstić information content (AvgIpc) is 2.29. The Morgan fingerprint density at radius 1 is 0.800 bits per heavy atom. The molecule has 0 unspecified atom stereocenters. The normalized spacial score (nSPS) is 12.0. The molecule has 0 heterocycles. The highest BCUT2D eigenvalue weighted by Gasteiger charge is 2.44. The average molecular weight is 239 g/mol. The van der Waals surface area contributed by atoms with Crippen molar-refractivity contribution in [3.05, 3.63) is 0 Å². The van der Waals surface area contributed by atoms with Crippen LogP contribution < -0.4 is 17.2 Å². The van der Waals surface area contributed by atoms with Gasteiger partial charge in [0.25, 0.3) is 0 Å². The van der Waals surface area contributed by atoms with Crippen molar-refractivity contribution in [2.75, 3.05) is 46.6 Å². The molecule has 0 aliphatic carbocycles. The van der Waals surface area contributed by atoms with Crippen LogP contribution in [0.1, 0.15) is 0 Å². The van der Waals surface area contributed by atoms with Gasteiger partial charge < -0.3 is 34.9 Å². The Balaban J connectivity index is 4.16. The molecular weight excluding hydrogens is 218 g/mol. The largest absolute Gasteiger partial charge is 0.679 e. The summed E-state index contributed by atoms with van der Waals surface area (Å²) in [6.07, 6.45) is 0. The molecule has 0 rings (SSSR count). The van der Waals surface area contributed by atoms with E-state index in [1.165, 1.54) is 7.11 Å². The molecule has 8 heteroatoms. The highest BCUT2D eigenvalue weighted by molar-refractivity contribution is 6.53. The number of nitrogens with two attached hydrogens (primary N) is 3. The van der Waals surface area contributed by atoms with Crippen molar-refractivity contribution in [3.8, 4) is 0 Å². The van der Waals surface area contributed by atoms with E-state index in [1.54, 1.807) is 0 Å². The zero-order chi connectivity index (χ0) is 11.6. The smallest absolute Gasteiger partial charge is 0.355 e. The first-order valence-electron chi connectivity index (χ1n) is 4.82. The molecule has 0 atom stereocenters. The fourth-order valence-corrected chi connectivity index (χ4v) is 2.56. The molecule has 0 amide bonds. The van der Waals surface area contributed by atoms with Crippen molar-refractivity contribution < 1.29 is 17.7 Å². The molecule has 0 spiro atoms. The fourth-order valence-electron chi connectivity index (χ4n) is 0.854. The molecule has 0 aliphatic rings. The van der Waals surface area contributed by atoms with Gasteiger partial charge in [-0.05, 0) is 0 Å². The van der Waals surface area contributed by atoms with Crippen LogP contribution in [0.4, 0.5) is 0 Å². The minimum atomic E-state index is -3.07. The third-order valence-electron chi connectivity index (χ3n) is 1.44. The highest BCUT2D eigenvalue weighted by atomic mass is 28.4. The molecule has 0 fully saturated rings. The van der Waals surface area contributed by atoms with E-state index in [0.29, 0.717) is 39.5 Å². The van der Waals surface area contributed by atoms with E-state index in [0.717, 1.165) is 0 Å². The summed E-state index contributed by atoms with van der Waals surface area (Å²) in [5.41, 5.74) is 16.0. The lowest BCUT2D eigenvalue weighted by Gasteiger charge is -2.26. The van der Waals surface area contributed by atoms with Crippen molar-refractivity contribution in [2.45, 2.75) is 0 Å². The van der Waals surface area contributed by atoms with Crippen molar-refractivity contribution in [2.24, 2.45) is 17.2 Å². The van der Waals surface area contributed by atoms with Crippen LogP contribution in [0.5, 0.6) is 0 Å². The topological polar surface area (TPSA) is 115 Å². The third kappa shape index (κ3) is 6.17. The molecule has 0 saturated heterocycles. The van der Waals surface area contributed by atoms with Crippen molar-refractivity contribution in [1.82, 2.24) is 0 Å². The van der Waals surface area contributed by atoms with Crippen LogP contribution in [-0.4, -0.2) is 55.6 Å². The molecule has 0 radical (unpaired) electrons. The first-order chi connectivity index (χ1) is 7.24. The van der Waals surface area contributed by atoms with E-state index in [9.17, 15) is 0 Å². The van der Waals surface area contributed by atoms with Crippen LogP contribution in [0.2, 0.25) is 0 Å². The lowest BCUT2D eigenvalue weighted by molar-refractivity contribution is -0.0177. The van der Waals surface area contributed by atoms with E-state index in [-0.39, 0.29) is 0 Å². The maximum Gasteiger partial charge on any atom is 0.679 e.